The topological polar surface area (TPSA) is 58.3 Å². The van der Waals surface area contributed by atoms with Crippen LogP contribution in [-0.2, 0) is 0 Å². The minimum atomic E-state index is 0.147. The van der Waals surface area contributed by atoms with Crippen LogP contribution in [0.2, 0.25) is 0 Å². The molecule has 0 aromatic heterocycles. The molecule has 0 aromatic rings. The number of nitrogens with two attached hydrogens (primary N) is 1. The number of hydrogen-bond donors (Lipinski definition) is 3. The summed E-state index contributed by atoms with van der Waals surface area (Å²) in [5, 5.41) is 13.3. The van der Waals surface area contributed by atoms with E-state index >= 15 is 0 Å². The molecule has 3 nitrogen and oxygen atoms in total. The predicted octanol–water partition coefficient (Wildman–Crippen LogP) is 2.28. The molecule has 0 spiro atoms. The van der Waals surface area contributed by atoms with Gasteiger partial charge >= 0.3 is 0 Å². The summed E-state index contributed by atoms with van der Waals surface area (Å²) in [6.07, 6.45) is 8.65. The van der Waals surface area contributed by atoms with Gasteiger partial charge in [0.1, 0.15) is 0 Å². The summed E-state index contributed by atoms with van der Waals surface area (Å²) in [6.45, 7) is 5.75. The highest BCUT2D eigenvalue weighted by Gasteiger charge is 2.39. The third-order valence-corrected chi connectivity index (χ3v) is 5.71. The molecule has 0 saturated heterocycles. The van der Waals surface area contributed by atoms with E-state index in [0.29, 0.717) is 18.6 Å². The van der Waals surface area contributed by atoms with Gasteiger partial charge in [0.2, 0.25) is 0 Å². The number of rotatable bonds is 5. The second kappa shape index (κ2) is 6.55. The van der Waals surface area contributed by atoms with Gasteiger partial charge in [-0.05, 0) is 56.3 Å². The SMILES string of the molecule is CC(C)C1CCC(CN)(NC2CCCC2CO)CC1. The van der Waals surface area contributed by atoms with E-state index in [-0.39, 0.29) is 5.54 Å². The molecular formula is C16H32N2O. The lowest BCUT2D eigenvalue weighted by Gasteiger charge is -2.44. The molecule has 0 bridgehead atoms. The van der Waals surface area contributed by atoms with Crippen LogP contribution in [0.5, 0.6) is 0 Å². The summed E-state index contributed by atoms with van der Waals surface area (Å²) >= 11 is 0. The molecule has 2 aliphatic carbocycles. The molecule has 112 valence electrons. The minimum absolute atomic E-state index is 0.147. The van der Waals surface area contributed by atoms with E-state index in [4.69, 9.17) is 5.73 Å². The highest BCUT2D eigenvalue weighted by molar-refractivity contribution is 4.98. The zero-order valence-corrected chi connectivity index (χ0v) is 12.7. The summed E-state index contributed by atoms with van der Waals surface area (Å²) in [5.41, 5.74) is 6.25. The summed E-state index contributed by atoms with van der Waals surface area (Å²) in [6, 6.07) is 0.490. The van der Waals surface area contributed by atoms with Crippen molar-refractivity contribution >= 4 is 0 Å². The van der Waals surface area contributed by atoms with Crippen molar-refractivity contribution in [3.63, 3.8) is 0 Å². The van der Waals surface area contributed by atoms with Crippen LogP contribution in [0.3, 0.4) is 0 Å². The maximum absolute atomic E-state index is 9.47. The largest absolute Gasteiger partial charge is 0.396 e. The van der Waals surface area contributed by atoms with Gasteiger partial charge in [0.15, 0.2) is 0 Å². The lowest BCUT2D eigenvalue weighted by molar-refractivity contribution is 0.128. The van der Waals surface area contributed by atoms with E-state index in [1.165, 1.54) is 44.9 Å². The molecule has 4 N–H and O–H groups in total. The van der Waals surface area contributed by atoms with Gasteiger partial charge in [-0.15, -0.1) is 0 Å². The standard InChI is InChI=1S/C16H32N2O/c1-12(2)13-6-8-16(11-17,9-7-13)18-15-5-3-4-14(15)10-19/h12-15,18-19H,3-11,17H2,1-2H3. The van der Waals surface area contributed by atoms with E-state index in [9.17, 15) is 5.11 Å². The van der Waals surface area contributed by atoms with Crippen molar-refractivity contribution in [2.24, 2.45) is 23.5 Å². The predicted molar refractivity (Wildman–Crippen MR) is 79.9 cm³/mol. The fraction of sp³-hybridized carbons (Fsp3) is 1.00. The van der Waals surface area contributed by atoms with Crippen LogP contribution >= 0.6 is 0 Å². The van der Waals surface area contributed by atoms with Gasteiger partial charge in [-0.2, -0.15) is 0 Å². The first-order valence-corrected chi connectivity index (χ1v) is 8.19. The van der Waals surface area contributed by atoms with Gasteiger partial charge in [-0.3, -0.25) is 0 Å². The van der Waals surface area contributed by atoms with E-state index in [0.717, 1.165) is 18.4 Å². The van der Waals surface area contributed by atoms with E-state index in [1.54, 1.807) is 0 Å². The summed E-state index contributed by atoms with van der Waals surface area (Å²) in [7, 11) is 0. The van der Waals surface area contributed by atoms with Crippen molar-refractivity contribution in [2.45, 2.75) is 70.4 Å². The molecule has 0 heterocycles. The van der Waals surface area contributed by atoms with Crippen molar-refractivity contribution in [3.05, 3.63) is 0 Å². The summed E-state index contributed by atoms with van der Waals surface area (Å²) in [4.78, 5) is 0. The fourth-order valence-electron chi connectivity index (χ4n) is 4.11. The lowest BCUT2D eigenvalue weighted by Crippen LogP contribution is -2.58. The molecule has 0 aromatic carbocycles. The normalized spacial score (nSPS) is 39.9. The molecule has 2 aliphatic rings. The zero-order valence-electron chi connectivity index (χ0n) is 12.7. The Labute approximate surface area is 118 Å². The molecule has 0 radical (unpaired) electrons. The summed E-state index contributed by atoms with van der Waals surface area (Å²) in [5.74, 6) is 2.12. The Morgan fingerprint density at radius 1 is 1.21 bits per heavy atom. The Kier molecular flexibility index (Phi) is 5.27. The van der Waals surface area contributed by atoms with Gasteiger partial charge in [0.05, 0.1) is 0 Å². The van der Waals surface area contributed by atoms with Crippen molar-refractivity contribution in [1.82, 2.24) is 5.32 Å². The highest BCUT2D eigenvalue weighted by Crippen LogP contribution is 2.37. The van der Waals surface area contributed by atoms with Gasteiger partial charge in [0.25, 0.3) is 0 Å². The Bertz CT molecular complexity index is 272. The van der Waals surface area contributed by atoms with E-state index in [1.807, 2.05) is 0 Å². The van der Waals surface area contributed by atoms with Crippen LogP contribution in [0.4, 0.5) is 0 Å². The Morgan fingerprint density at radius 3 is 2.42 bits per heavy atom. The molecule has 2 atom stereocenters. The Balaban J connectivity index is 1.92. The first-order valence-electron chi connectivity index (χ1n) is 8.19. The Morgan fingerprint density at radius 2 is 1.89 bits per heavy atom. The average molecular weight is 268 g/mol. The van der Waals surface area contributed by atoms with Crippen LogP contribution in [0.25, 0.3) is 0 Å². The van der Waals surface area contributed by atoms with Crippen LogP contribution in [0.1, 0.15) is 58.8 Å². The van der Waals surface area contributed by atoms with E-state index in [2.05, 4.69) is 19.2 Å². The smallest absolute Gasteiger partial charge is 0.0474 e. The van der Waals surface area contributed by atoms with Crippen molar-refractivity contribution in [3.8, 4) is 0 Å². The number of aliphatic hydroxyl groups is 1. The molecule has 2 saturated carbocycles. The molecule has 3 heteroatoms. The van der Waals surface area contributed by atoms with Crippen molar-refractivity contribution in [1.29, 1.82) is 0 Å². The van der Waals surface area contributed by atoms with E-state index < -0.39 is 0 Å². The molecule has 2 unspecified atom stereocenters. The van der Waals surface area contributed by atoms with Crippen LogP contribution < -0.4 is 11.1 Å². The first-order chi connectivity index (χ1) is 9.10. The van der Waals surface area contributed by atoms with Crippen molar-refractivity contribution in [2.75, 3.05) is 13.2 Å². The van der Waals surface area contributed by atoms with Gasteiger partial charge in [0, 0.05) is 24.7 Å². The van der Waals surface area contributed by atoms with Crippen LogP contribution in [-0.4, -0.2) is 29.8 Å². The molecule has 0 aliphatic heterocycles. The first kappa shape index (κ1) is 15.3. The Hall–Kier alpha value is -0.120. The minimum Gasteiger partial charge on any atom is -0.396 e. The van der Waals surface area contributed by atoms with Crippen LogP contribution in [0.15, 0.2) is 0 Å². The highest BCUT2D eigenvalue weighted by atomic mass is 16.3. The van der Waals surface area contributed by atoms with Crippen molar-refractivity contribution < 1.29 is 5.11 Å². The van der Waals surface area contributed by atoms with Gasteiger partial charge < -0.3 is 16.2 Å². The molecule has 19 heavy (non-hydrogen) atoms. The average Bonchev–Trinajstić information content (AvgIpc) is 2.86. The van der Waals surface area contributed by atoms with Gasteiger partial charge in [-0.1, -0.05) is 20.3 Å². The fourth-order valence-corrected chi connectivity index (χ4v) is 4.11. The molecule has 0 amide bonds. The van der Waals surface area contributed by atoms with Crippen LogP contribution in [0, 0.1) is 17.8 Å². The maximum atomic E-state index is 9.47. The summed E-state index contributed by atoms with van der Waals surface area (Å²) < 4.78 is 0. The monoisotopic (exact) mass is 268 g/mol. The number of aliphatic hydroxyl groups excluding tert-OH is 1. The van der Waals surface area contributed by atoms with Gasteiger partial charge in [-0.25, -0.2) is 0 Å². The molecule has 2 rings (SSSR count). The lowest BCUT2D eigenvalue weighted by atomic mass is 9.72. The quantitative estimate of drug-likeness (QED) is 0.717. The maximum Gasteiger partial charge on any atom is 0.0474 e. The number of hydrogen-bond acceptors (Lipinski definition) is 3. The number of nitrogens with one attached hydrogen (secondary N) is 1. The zero-order chi connectivity index (χ0) is 13.9. The second-order valence-electron chi connectivity index (χ2n) is 7.19. The third-order valence-electron chi connectivity index (χ3n) is 5.71. The second-order valence-corrected chi connectivity index (χ2v) is 7.19. The molecule has 2 fully saturated rings. The third kappa shape index (κ3) is 3.50. The molecular weight excluding hydrogens is 236 g/mol.